The van der Waals surface area contributed by atoms with Crippen molar-refractivity contribution in [3.05, 3.63) is 0 Å². The van der Waals surface area contributed by atoms with Gasteiger partial charge in [0.15, 0.2) is 0 Å². The van der Waals surface area contributed by atoms with Crippen molar-refractivity contribution in [1.29, 1.82) is 0 Å². The van der Waals surface area contributed by atoms with Gasteiger partial charge < -0.3 is 0 Å². The van der Waals surface area contributed by atoms with Gasteiger partial charge in [0.2, 0.25) is 0 Å². The molecule has 0 spiro atoms. The number of hydrogen-bond acceptors (Lipinski definition) is 2. The summed E-state index contributed by atoms with van der Waals surface area (Å²) in [5, 5.41) is 0. The summed E-state index contributed by atoms with van der Waals surface area (Å²) >= 11 is 0. The minimum absolute atomic E-state index is 0. The van der Waals surface area contributed by atoms with Crippen LogP contribution in [0.1, 0.15) is 60.3 Å². The van der Waals surface area contributed by atoms with E-state index in [-0.39, 0.29) is 63.1 Å². The molecule has 0 rings (SSSR count). The number of carbonyl (C=O) groups is 2. The summed E-state index contributed by atoms with van der Waals surface area (Å²) in [6, 6.07) is 0. The molecule has 0 fully saturated rings. The fourth-order valence-electron chi connectivity index (χ4n) is 2.32. The molecule has 0 aliphatic carbocycles. The molecule has 0 saturated carbocycles. The SMILES string of the molecule is CCC(CC)C(=O)C(CC)(CC)C(C)=O.[SnH2].[Ti]. The number of rotatable bonds is 7. The number of carbonyl (C=O) groups excluding carboxylic acids is 2. The molecule has 0 aromatic carbocycles. The third kappa shape index (κ3) is 5.16. The van der Waals surface area contributed by atoms with E-state index in [1.54, 1.807) is 6.92 Å². The van der Waals surface area contributed by atoms with Gasteiger partial charge in [-0.05, 0) is 32.6 Å². The third-order valence-electron chi connectivity index (χ3n) is 3.71. The second kappa shape index (κ2) is 10.7. The topological polar surface area (TPSA) is 34.1 Å². The minimum Gasteiger partial charge on any atom is 0 e. The first-order chi connectivity index (χ1) is 6.99. The molecule has 0 unspecified atom stereocenters. The standard InChI is InChI=1S/C13H24O2.Sn.Ti.2H/c1-6-11(7-2)12(15)13(8-3,9-4)10(5)14;;;;/h11H,6-9H2,1-5H3;;;;. The summed E-state index contributed by atoms with van der Waals surface area (Å²) in [6.07, 6.45) is 2.94. The van der Waals surface area contributed by atoms with E-state index in [1.165, 1.54) is 0 Å². The van der Waals surface area contributed by atoms with E-state index in [4.69, 9.17) is 0 Å². The van der Waals surface area contributed by atoms with Crippen molar-refractivity contribution >= 4 is 35.5 Å². The number of Topliss-reactive ketones (excluding diaryl/α,β-unsaturated/α-hetero) is 2. The molecule has 0 heterocycles. The predicted octanol–water partition coefficient (Wildman–Crippen LogP) is 2.47. The summed E-state index contributed by atoms with van der Waals surface area (Å²) in [5.74, 6) is 0.239. The third-order valence-corrected chi connectivity index (χ3v) is 3.71. The maximum absolute atomic E-state index is 12.3. The Morgan fingerprint density at radius 3 is 1.53 bits per heavy atom. The van der Waals surface area contributed by atoms with Gasteiger partial charge in [-0.2, -0.15) is 0 Å². The van der Waals surface area contributed by atoms with Crippen LogP contribution in [0.15, 0.2) is 0 Å². The maximum atomic E-state index is 12.3. The zero-order chi connectivity index (χ0) is 12.1. The van der Waals surface area contributed by atoms with Gasteiger partial charge in [0.25, 0.3) is 0 Å². The Morgan fingerprint density at radius 1 is 1.00 bits per heavy atom. The van der Waals surface area contributed by atoms with Gasteiger partial charge in [-0.15, -0.1) is 0 Å². The van der Waals surface area contributed by atoms with E-state index < -0.39 is 5.41 Å². The van der Waals surface area contributed by atoms with Crippen LogP contribution in [0, 0.1) is 11.3 Å². The van der Waals surface area contributed by atoms with Crippen molar-refractivity contribution in [2.45, 2.75) is 60.3 Å². The van der Waals surface area contributed by atoms with Gasteiger partial charge in [-0.3, -0.25) is 9.59 Å². The van der Waals surface area contributed by atoms with E-state index in [2.05, 4.69) is 0 Å². The van der Waals surface area contributed by atoms with Crippen molar-refractivity contribution in [2.75, 3.05) is 0 Å². The van der Waals surface area contributed by atoms with Gasteiger partial charge in [0, 0.05) is 27.6 Å². The van der Waals surface area contributed by atoms with Crippen LogP contribution in [-0.2, 0) is 31.3 Å². The molecule has 0 atom stereocenters. The van der Waals surface area contributed by atoms with Crippen LogP contribution in [0.3, 0.4) is 0 Å². The zero-order valence-electron chi connectivity index (χ0n) is 11.9. The molecule has 0 aliphatic rings. The first-order valence-corrected chi connectivity index (χ1v) is 6.05. The van der Waals surface area contributed by atoms with Crippen molar-refractivity contribution in [1.82, 2.24) is 0 Å². The zero-order valence-corrected chi connectivity index (χ0v) is 17.5. The van der Waals surface area contributed by atoms with Crippen molar-refractivity contribution in [3.8, 4) is 0 Å². The van der Waals surface area contributed by atoms with Gasteiger partial charge in [0.1, 0.15) is 11.6 Å². The van der Waals surface area contributed by atoms with E-state index >= 15 is 0 Å². The van der Waals surface area contributed by atoms with E-state index in [0.717, 1.165) is 12.8 Å². The summed E-state index contributed by atoms with van der Waals surface area (Å²) in [7, 11) is 0. The fourth-order valence-corrected chi connectivity index (χ4v) is 2.32. The smallest absolute Gasteiger partial charge is 0 e. The van der Waals surface area contributed by atoms with Crippen LogP contribution < -0.4 is 0 Å². The molecule has 2 radical (unpaired) electrons. The molecular weight excluding hydrogens is 355 g/mol. The summed E-state index contributed by atoms with van der Waals surface area (Å²) < 4.78 is 0. The van der Waals surface area contributed by atoms with Crippen molar-refractivity contribution < 1.29 is 31.3 Å². The molecule has 0 aromatic heterocycles. The predicted molar refractivity (Wildman–Crippen MR) is 71.3 cm³/mol. The molecule has 0 aliphatic heterocycles. The Bertz CT molecular complexity index is 234. The molecule has 98 valence electrons. The van der Waals surface area contributed by atoms with Gasteiger partial charge >= 0.3 is 23.9 Å². The van der Waals surface area contributed by atoms with E-state index in [9.17, 15) is 9.59 Å². The van der Waals surface area contributed by atoms with E-state index in [0.29, 0.717) is 12.8 Å². The molecule has 0 amide bonds. The number of hydrogen-bond donors (Lipinski definition) is 0. The van der Waals surface area contributed by atoms with Crippen LogP contribution in [-0.4, -0.2) is 35.5 Å². The Hall–Kier alpha value is 0.853. The molecule has 0 N–H and O–H groups in total. The molecule has 4 heteroatoms. The van der Waals surface area contributed by atoms with E-state index in [1.807, 2.05) is 27.7 Å². The fraction of sp³-hybridized carbons (Fsp3) is 0.846. The summed E-state index contributed by atoms with van der Waals surface area (Å²) in [4.78, 5) is 24.0. The molecular formula is C13H26O2SnTi. The molecule has 0 bridgehead atoms. The monoisotopic (exact) mass is 382 g/mol. The quantitative estimate of drug-likeness (QED) is 0.502. The Balaban J connectivity index is -0.000000980. The Morgan fingerprint density at radius 2 is 1.35 bits per heavy atom. The molecule has 2 nitrogen and oxygen atoms in total. The maximum Gasteiger partial charge on any atom is 0 e. The second-order valence-corrected chi connectivity index (χ2v) is 4.22. The van der Waals surface area contributed by atoms with Crippen LogP contribution in [0.5, 0.6) is 0 Å². The van der Waals surface area contributed by atoms with Gasteiger partial charge in [-0.25, -0.2) is 0 Å². The first kappa shape index (κ1) is 23.0. The molecule has 17 heavy (non-hydrogen) atoms. The largest absolute Gasteiger partial charge is 0 e. The van der Waals surface area contributed by atoms with Crippen LogP contribution in [0.4, 0.5) is 0 Å². The minimum atomic E-state index is -0.712. The van der Waals surface area contributed by atoms with Crippen LogP contribution >= 0.6 is 0 Å². The van der Waals surface area contributed by atoms with Crippen molar-refractivity contribution in [2.24, 2.45) is 11.3 Å². The first-order valence-electron chi connectivity index (χ1n) is 6.05. The summed E-state index contributed by atoms with van der Waals surface area (Å²) in [6.45, 7) is 9.45. The van der Waals surface area contributed by atoms with Gasteiger partial charge in [0.05, 0.1) is 5.41 Å². The summed E-state index contributed by atoms with van der Waals surface area (Å²) in [5.41, 5.74) is -0.712. The average Bonchev–Trinajstić information content (AvgIpc) is 2.22. The van der Waals surface area contributed by atoms with Crippen LogP contribution in [0.2, 0.25) is 0 Å². The van der Waals surface area contributed by atoms with Crippen molar-refractivity contribution in [3.63, 3.8) is 0 Å². The van der Waals surface area contributed by atoms with Crippen LogP contribution in [0.25, 0.3) is 0 Å². The van der Waals surface area contributed by atoms with Gasteiger partial charge in [-0.1, -0.05) is 27.7 Å². The average molecular weight is 381 g/mol. The Kier molecular flexibility index (Phi) is 14.5. The molecule has 0 saturated heterocycles. The second-order valence-electron chi connectivity index (χ2n) is 4.22. The Labute approximate surface area is 138 Å². The normalized spacial score (nSPS) is 10.5. The number of ketones is 2. The molecule has 0 aromatic rings.